The number of nitrogens with zero attached hydrogens (tertiary/aromatic N) is 1. The van der Waals surface area contributed by atoms with Gasteiger partial charge in [-0.1, -0.05) is 23.9 Å². The summed E-state index contributed by atoms with van der Waals surface area (Å²) in [4.78, 5) is 3.86. The van der Waals surface area contributed by atoms with Crippen molar-refractivity contribution >= 4 is 46.6 Å². The summed E-state index contributed by atoms with van der Waals surface area (Å²) in [7, 11) is 0. The first kappa shape index (κ1) is 12.7. The second-order valence-corrected chi connectivity index (χ2v) is 2.93. The van der Waals surface area contributed by atoms with Crippen LogP contribution in [0.15, 0.2) is 29.3 Å². The van der Waals surface area contributed by atoms with E-state index in [1.165, 1.54) is 17.8 Å². The van der Waals surface area contributed by atoms with Gasteiger partial charge in [0.05, 0.1) is 0 Å². The van der Waals surface area contributed by atoms with Crippen LogP contribution in [0.5, 0.6) is 0 Å². The first-order valence-corrected chi connectivity index (χ1v) is 4.59. The highest BCUT2D eigenvalue weighted by atomic mass is 127. The van der Waals surface area contributed by atoms with Gasteiger partial charge in [-0.25, -0.2) is 9.38 Å². The van der Waals surface area contributed by atoms with E-state index >= 15 is 0 Å². The topological polar surface area (TPSA) is 38.4 Å². The summed E-state index contributed by atoms with van der Waals surface area (Å²) in [5.41, 5.74) is 5.70. The van der Waals surface area contributed by atoms with Gasteiger partial charge in [0.15, 0.2) is 5.17 Å². The van der Waals surface area contributed by atoms with Crippen molar-refractivity contribution in [2.45, 2.75) is 0 Å². The molecular formula is C8H10FIN2S. The standard InChI is InChI=1S/C8H9FN2S.HI/c1-12-8(10)11-7-5-3-2-4-6(7)9;/h2-5H,1H3,(H2,10,11);1H. The molecule has 0 bridgehead atoms. The number of thioether (sulfide) groups is 1. The van der Waals surface area contributed by atoms with Crippen LogP contribution in [0.4, 0.5) is 10.1 Å². The zero-order valence-electron chi connectivity index (χ0n) is 7.03. The number of benzene rings is 1. The van der Waals surface area contributed by atoms with Crippen LogP contribution in [-0.2, 0) is 0 Å². The number of hydrogen-bond donors (Lipinski definition) is 1. The number of rotatable bonds is 1. The second-order valence-electron chi connectivity index (χ2n) is 2.11. The Kier molecular flexibility index (Phi) is 6.06. The molecule has 1 rings (SSSR count). The molecule has 0 amide bonds. The van der Waals surface area contributed by atoms with E-state index < -0.39 is 0 Å². The van der Waals surface area contributed by atoms with Crippen molar-refractivity contribution in [3.8, 4) is 0 Å². The van der Waals surface area contributed by atoms with Crippen molar-refractivity contribution in [3.63, 3.8) is 0 Å². The van der Waals surface area contributed by atoms with E-state index in [-0.39, 0.29) is 35.5 Å². The minimum atomic E-state index is -0.352. The van der Waals surface area contributed by atoms with Gasteiger partial charge in [0.25, 0.3) is 0 Å². The van der Waals surface area contributed by atoms with Crippen LogP contribution in [0.25, 0.3) is 0 Å². The van der Waals surface area contributed by atoms with E-state index in [4.69, 9.17) is 5.73 Å². The molecule has 0 saturated heterocycles. The molecule has 2 nitrogen and oxygen atoms in total. The van der Waals surface area contributed by atoms with Gasteiger partial charge in [0.1, 0.15) is 11.5 Å². The predicted octanol–water partition coefficient (Wildman–Crippen LogP) is 2.75. The van der Waals surface area contributed by atoms with Crippen molar-refractivity contribution in [1.29, 1.82) is 0 Å². The second kappa shape index (κ2) is 6.20. The van der Waals surface area contributed by atoms with E-state index in [1.807, 2.05) is 0 Å². The summed E-state index contributed by atoms with van der Waals surface area (Å²) in [6.07, 6.45) is 1.79. The fraction of sp³-hybridized carbons (Fsp3) is 0.125. The summed E-state index contributed by atoms with van der Waals surface area (Å²) in [5.74, 6) is -0.352. The lowest BCUT2D eigenvalue weighted by Crippen LogP contribution is -2.04. The van der Waals surface area contributed by atoms with Crippen LogP contribution in [0.1, 0.15) is 0 Å². The largest absolute Gasteiger partial charge is 0.378 e. The van der Waals surface area contributed by atoms with Crippen molar-refractivity contribution < 1.29 is 4.39 Å². The van der Waals surface area contributed by atoms with Crippen molar-refractivity contribution in [3.05, 3.63) is 30.1 Å². The minimum Gasteiger partial charge on any atom is -0.378 e. The Bertz CT molecular complexity index is 304. The molecule has 0 aromatic heterocycles. The molecule has 0 heterocycles. The molecule has 2 N–H and O–H groups in total. The van der Waals surface area contributed by atoms with Crippen LogP contribution in [0.3, 0.4) is 0 Å². The third-order valence-electron chi connectivity index (χ3n) is 1.29. The number of hydrogen-bond acceptors (Lipinski definition) is 2. The van der Waals surface area contributed by atoms with Crippen LogP contribution < -0.4 is 5.73 Å². The lowest BCUT2D eigenvalue weighted by molar-refractivity contribution is 0.630. The molecule has 0 atom stereocenters. The maximum Gasteiger partial charge on any atom is 0.159 e. The zero-order chi connectivity index (χ0) is 8.97. The quantitative estimate of drug-likeness (QED) is 0.492. The molecule has 5 heteroatoms. The van der Waals surface area contributed by atoms with E-state index in [0.29, 0.717) is 5.17 Å². The highest BCUT2D eigenvalue weighted by molar-refractivity contribution is 14.0. The average Bonchev–Trinajstić information content (AvgIpc) is 2.09. The van der Waals surface area contributed by atoms with Crippen molar-refractivity contribution in [2.24, 2.45) is 10.7 Å². The van der Waals surface area contributed by atoms with Gasteiger partial charge in [-0.2, -0.15) is 0 Å². The van der Waals surface area contributed by atoms with E-state index in [0.717, 1.165) is 0 Å². The first-order valence-electron chi connectivity index (χ1n) is 3.36. The van der Waals surface area contributed by atoms with Gasteiger partial charge < -0.3 is 5.73 Å². The smallest absolute Gasteiger partial charge is 0.159 e. The van der Waals surface area contributed by atoms with Gasteiger partial charge >= 0.3 is 0 Å². The summed E-state index contributed by atoms with van der Waals surface area (Å²) in [5, 5.41) is 0.361. The predicted molar refractivity (Wildman–Crippen MR) is 66.6 cm³/mol. The maximum atomic E-state index is 12.9. The van der Waals surface area contributed by atoms with Gasteiger partial charge in [-0.3, -0.25) is 0 Å². The Labute approximate surface area is 97.8 Å². The Morgan fingerprint density at radius 2 is 2.08 bits per heavy atom. The summed E-state index contributed by atoms with van der Waals surface area (Å²) in [6, 6.07) is 6.27. The fourth-order valence-corrected chi connectivity index (χ4v) is 0.896. The molecule has 0 unspecified atom stereocenters. The molecule has 0 aliphatic carbocycles. The third kappa shape index (κ3) is 3.95. The lowest BCUT2D eigenvalue weighted by Gasteiger charge is -1.96. The fourth-order valence-electron chi connectivity index (χ4n) is 0.707. The molecule has 0 spiro atoms. The first-order chi connectivity index (χ1) is 5.74. The van der Waals surface area contributed by atoms with Gasteiger partial charge in [0, 0.05) is 0 Å². The van der Waals surface area contributed by atoms with E-state index in [1.54, 1.807) is 24.5 Å². The van der Waals surface area contributed by atoms with Crippen LogP contribution in [0.2, 0.25) is 0 Å². The minimum absolute atomic E-state index is 0. The summed E-state index contributed by atoms with van der Waals surface area (Å²) in [6.45, 7) is 0. The van der Waals surface area contributed by atoms with Gasteiger partial charge in [-0.05, 0) is 18.4 Å². The Balaban J connectivity index is 0.00000144. The zero-order valence-corrected chi connectivity index (χ0v) is 10.2. The van der Waals surface area contributed by atoms with Crippen molar-refractivity contribution in [1.82, 2.24) is 0 Å². The molecule has 13 heavy (non-hydrogen) atoms. The SMILES string of the molecule is CSC(N)=Nc1ccccc1F.I. The van der Waals surface area contributed by atoms with Crippen LogP contribution in [-0.4, -0.2) is 11.4 Å². The maximum absolute atomic E-state index is 12.9. The third-order valence-corrected chi connectivity index (χ3v) is 1.80. The van der Waals surface area contributed by atoms with E-state index in [2.05, 4.69) is 4.99 Å². The Morgan fingerprint density at radius 1 is 1.46 bits per heavy atom. The molecule has 1 aromatic rings. The Hall–Kier alpha value is -0.300. The number of nitrogens with two attached hydrogens (primary N) is 1. The highest BCUT2D eigenvalue weighted by Crippen LogP contribution is 2.17. The molecular weight excluding hydrogens is 302 g/mol. The van der Waals surface area contributed by atoms with E-state index in [9.17, 15) is 4.39 Å². The highest BCUT2D eigenvalue weighted by Gasteiger charge is 1.97. The average molecular weight is 312 g/mol. The van der Waals surface area contributed by atoms with Gasteiger partial charge in [0.2, 0.25) is 0 Å². The van der Waals surface area contributed by atoms with Crippen LogP contribution >= 0.6 is 35.7 Å². The molecule has 0 aliphatic heterocycles. The number of halogens is 2. The molecule has 72 valence electrons. The van der Waals surface area contributed by atoms with Gasteiger partial charge in [-0.15, -0.1) is 24.0 Å². The normalized spacial score (nSPS) is 10.8. The molecule has 0 aliphatic rings. The lowest BCUT2D eigenvalue weighted by atomic mass is 10.3. The molecule has 0 radical (unpaired) electrons. The number of aliphatic imine (C=N–C) groups is 1. The van der Waals surface area contributed by atoms with Crippen LogP contribution in [0, 0.1) is 5.82 Å². The van der Waals surface area contributed by atoms with Crippen molar-refractivity contribution in [2.75, 3.05) is 6.26 Å². The number of para-hydroxylation sites is 1. The molecule has 0 fully saturated rings. The monoisotopic (exact) mass is 312 g/mol. The Morgan fingerprint density at radius 3 is 2.62 bits per heavy atom. The molecule has 0 saturated carbocycles. The molecule has 1 aromatic carbocycles. The summed E-state index contributed by atoms with van der Waals surface area (Å²) < 4.78 is 12.9. The number of amidine groups is 1. The summed E-state index contributed by atoms with van der Waals surface area (Å²) >= 11 is 1.29.